The number of amides is 1. The highest BCUT2D eigenvalue weighted by Gasteiger charge is 2.25. The van der Waals surface area contributed by atoms with Crippen LogP contribution in [0.25, 0.3) is 0 Å². The molecule has 2 aliphatic heterocycles. The number of fused-ring (bicyclic) bond motifs is 1. The van der Waals surface area contributed by atoms with Crippen LogP contribution < -0.4 is 0 Å². The number of carbonyl (C=O) groups is 2. The van der Waals surface area contributed by atoms with Gasteiger partial charge in [-0.2, -0.15) is 0 Å². The number of halogens is 1. The zero-order valence-electron chi connectivity index (χ0n) is 20.7. The molecular formula is C27H33ClN2O7. The fourth-order valence-electron chi connectivity index (χ4n) is 4.06. The van der Waals surface area contributed by atoms with Crippen molar-refractivity contribution < 1.29 is 34.1 Å². The third-order valence-electron chi connectivity index (χ3n) is 5.94. The van der Waals surface area contributed by atoms with E-state index in [9.17, 15) is 19.8 Å². The maximum Gasteiger partial charge on any atom is 0.342 e. The van der Waals surface area contributed by atoms with Crippen LogP contribution in [0.2, 0.25) is 5.02 Å². The van der Waals surface area contributed by atoms with Crippen molar-refractivity contribution >= 4 is 29.2 Å². The van der Waals surface area contributed by atoms with E-state index < -0.39 is 17.5 Å². The summed E-state index contributed by atoms with van der Waals surface area (Å²) in [5, 5.41) is 24.6. The molecule has 1 aromatic carbocycles. The van der Waals surface area contributed by atoms with Gasteiger partial charge in [0.1, 0.15) is 17.1 Å². The number of allylic oxidation sites excluding steroid dienone is 1. The topological polar surface area (TPSA) is 118 Å². The van der Waals surface area contributed by atoms with Crippen LogP contribution in [-0.4, -0.2) is 71.7 Å². The molecule has 1 fully saturated rings. The number of hydrogen-bond donors (Lipinski definition) is 2. The standard InChI is InChI=1S/C27H33ClN2O7/c1-2-14-35-20-10-4-7-15-36-27(34)25-21(26(28)23(32)17-22(25)31)16-19(9-8-11-20)29-37-18-24(33)30-12-5-3-6-13-30/h2,4,8-10,17,20,31-32H,1,3,5-7,11-16,18H2/b9-8+,10-4+,29-19-. The number of esters is 1. The molecule has 10 heteroatoms. The van der Waals surface area contributed by atoms with Gasteiger partial charge in [-0.3, -0.25) is 4.79 Å². The van der Waals surface area contributed by atoms with Crippen molar-refractivity contribution in [2.24, 2.45) is 5.16 Å². The van der Waals surface area contributed by atoms with Gasteiger partial charge in [-0.15, -0.1) is 6.58 Å². The highest BCUT2D eigenvalue weighted by atomic mass is 35.5. The van der Waals surface area contributed by atoms with Crippen molar-refractivity contribution in [2.75, 3.05) is 32.9 Å². The summed E-state index contributed by atoms with van der Waals surface area (Å²) < 4.78 is 11.1. The molecule has 0 aliphatic carbocycles. The largest absolute Gasteiger partial charge is 0.507 e. The number of ether oxygens (including phenoxy) is 2. The van der Waals surface area contributed by atoms with Gasteiger partial charge in [0.05, 0.1) is 30.1 Å². The first kappa shape index (κ1) is 28.3. The molecule has 1 saturated heterocycles. The van der Waals surface area contributed by atoms with Crippen LogP contribution in [0.1, 0.15) is 48.0 Å². The second-order valence-electron chi connectivity index (χ2n) is 8.71. The number of phenolic OH excluding ortho intramolecular Hbond substituents is 2. The quantitative estimate of drug-likeness (QED) is 0.318. The Labute approximate surface area is 221 Å². The van der Waals surface area contributed by atoms with E-state index in [4.69, 9.17) is 25.9 Å². The van der Waals surface area contributed by atoms with E-state index in [2.05, 4.69) is 11.7 Å². The molecule has 0 spiro atoms. The molecule has 1 unspecified atom stereocenters. The smallest absolute Gasteiger partial charge is 0.342 e. The first-order chi connectivity index (χ1) is 17.9. The molecule has 200 valence electrons. The van der Waals surface area contributed by atoms with Gasteiger partial charge in [0.25, 0.3) is 5.91 Å². The van der Waals surface area contributed by atoms with Crippen molar-refractivity contribution in [2.45, 2.75) is 44.6 Å². The number of phenols is 2. The van der Waals surface area contributed by atoms with Crippen molar-refractivity contribution in [3.8, 4) is 11.5 Å². The summed E-state index contributed by atoms with van der Waals surface area (Å²) in [5.41, 5.74) is 0.281. The van der Waals surface area contributed by atoms with Crippen LogP contribution >= 0.6 is 11.6 Å². The molecule has 9 nitrogen and oxygen atoms in total. The van der Waals surface area contributed by atoms with E-state index in [0.717, 1.165) is 25.3 Å². The Morgan fingerprint density at radius 1 is 1.24 bits per heavy atom. The van der Waals surface area contributed by atoms with Gasteiger partial charge in [-0.25, -0.2) is 4.79 Å². The lowest BCUT2D eigenvalue weighted by Crippen LogP contribution is -2.37. The van der Waals surface area contributed by atoms with Gasteiger partial charge in [-0.05, 0) is 43.7 Å². The number of oxime groups is 1. The molecule has 0 aromatic heterocycles. The SMILES string of the molecule is C=CCOC1/C=C/CCOC(=O)c2c(O)cc(O)c(Cl)c2CC(=N\OCC(=O)N2CCCCC2)/C=C/C1. The Morgan fingerprint density at radius 2 is 2.03 bits per heavy atom. The first-order valence-electron chi connectivity index (χ1n) is 12.3. The summed E-state index contributed by atoms with van der Waals surface area (Å²) in [4.78, 5) is 32.5. The van der Waals surface area contributed by atoms with Crippen LogP contribution in [0, 0.1) is 0 Å². The lowest BCUT2D eigenvalue weighted by atomic mass is 9.99. The number of hydrogen-bond acceptors (Lipinski definition) is 8. The minimum absolute atomic E-state index is 0.0688. The third-order valence-corrected chi connectivity index (χ3v) is 6.36. The van der Waals surface area contributed by atoms with E-state index in [1.165, 1.54) is 0 Å². The average molecular weight is 533 g/mol. The zero-order chi connectivity index (χ0) is 26.6. The summed E-state index contributed by atoms with van der Waals surface area (Å²) >= 11 is 6.34. The maximum atomic E-state index is 12.8. The molecule has 0 saturated carbocycles. The number of likely N-dealkylation sites (tertiary alicyclic amines) is 1. The van der Waals surface area contributed by atoms with Crippen molar-refractivity contribution in [3.05, 3.63) is 59.2 Å². The lowest BCUT2D eigenvalue weighted by Gasteiger charge is -2.26. The zero-order valence-corrected chi connectivity index (χ0v) is 21.5. The van der Waals surface area contributed by atoms with Gasteiger partial charge in [0.15, 0.2) is 6.61 Å². The fraction of sp³-hybridized carbons (Fsp3) is 0.444. The second kappa shape index (κ2) is 14.4. The molecule has 0 bridgehead atoms. The molecule has 2 N–H and O–H groups in total. The van der Waals surface area contributed by atoms with Crippen molar-refractivity contribution in [3.63, 3.8) is 0 Å². The summed E-state index contributed by atoms with van der Waals surface area (Å²) in [6.07, 6.45) is 12.5. The van der Waals surface area contributed by atoms with Gasteiger partial charge < -0.3 is 29.4 Å². The second-order valence-corrected chi connectivity index (χ2v) is 9.09. The maximum absolute atomic E-state index is 12.8. The van der Waals surface area contributed by atoms with Crippen LogP contribution in [0.4, 0.5) is 0 Å². The average Bonchev–Trinajstić information content (AvgIpc) is 2.89. The number of nitrogens with zero attached hydrogens (tertiary/aromatic N) is 2. The number of cyclic esters (lactones) is 1. The van der Waals surface area contributed by atoms with Gasteiger partial charge in [0, 0.05) is 25.6 Å². The summed E-state index contributed by atoms with van der Waals surface area (Å²) in [7, 11) is 0. The Morgan fingerprint density at radius 3 is 2.78 bits per heavy atom. The molecule has 2 aliphatic rings. The Bertz CT molecular complexity index is 1060. The van der Waals surface area contributed by atoms with Crippen LogP contribution in [0.5, 0.6) is 11.5 Å². The first-order valence-corrected chi connectivity index (χ1v) is 12.7. The van der Waals surface area contributed by atoms with Crippen LogP contribution in [0.15, 0.2) is 48.2 Å². The van der Waals surface area contributed by atoms with E-state index in [0.29, 0.717) is 38.2 Å². The molecular weight excluding hydrogens is 500 g/mol. The number of rotatable bonds is 6. The van der Waals surface area contributed by atoms with Crippen LogP contribution in [-0.2, 0) is 25.5 Å². The third kappa shape index (κ3) is 8.36. The fourth-order valence-corrected chi connectivity index (χ4v) is 4.27. The molecule has 1 atom stereocenters. The molecule has 0 radical (unpaired) electrons. The Hall–Kier alpha value is -3.30. The highest BCUT2D eigenvalue weighted by Crippen LogP contribution is 2.37. The van der Waals surface area contributed by atoms with Gasteiger partial charge in [-0.1, -0.05) is 41.1 Å². The number of piperidine rings is 1. The predicted octanol–water partition coefficient (Wildman–Crippen LogP) is 4.31. The number of aromatic hydroxyl groups is 2. The molecule has 2 heterocycles. The number of benzene rings is 1. The van der Waals surface area contributed by atoms with E-state index in [1.807, 2.05) is 18.2 Å². The van der Waals surface area contributed by atoms with E-state index in [1.54, 1.807) is 17.1 Å². The normalized spacial score (nSPS) is 21.9. The monoisotopic (exact) mass is 532 g/mol. The molecule has 1 amide bonds. The van der Waals surface area contributed by atoms with Crippen molar-refractivity contribution in [1.29, 1.82) is 0 Å². The molecule has 1 aromatic rings. The Balaban J connectivity index is 1.90. The van der Waals surface area contributed by atoms with Crippen LogP contribution in [0.3, 0.4) is 0 Å². The van der Waals surface area contributed by atoms with Gasteiger partial charge in [0.2, 0.25) is 0 Å². The van der Waals surface area contributed by atoms with E-state index in [-0.39, 0.29) is 47.8 Å². The summed E-state index contributed by atoms with van der Waals surface area (Å²) in [6, 6.07) is 0.993. The molecule has 3 rings (SSSR count). The Kier molecular flexibility index (Phi) is 11.0. The van der Waals surface area contributed by atoms with Crippen molar-refractivity contribution in [1.82, 2.24) is 4.90 Å². The minimum atomic E-state index is -0.788. The minimum Gasteiger partial charge on any atom is -0.507 e. The van der Waals surface area contributed by atoms with E-state index >= 15 is 0 Å². The molecule has 37 heavy (non-hydrogen) atoms. The highest BCUT2D eigenvalue weighted by molar-refractivity contribution is 6.33. The summed E-state index contributed by atoms with van der Waals surface area (Å²) in [6.45, 7) is 5.26. The number of carbonyl (C=O) groups excluding carboxylic acids is 2. The lowest BCUT2D eigenvalue weighted by molar-refractivity contribution is -0.137. The predicted molar refractivity (Wildman–Crippen MR) is 140 cm³/mol. The summed E-state index contributed by atoms with van der Waals surface area (Å²) in [5.74, 6) is -1.80. The van der Waals surface area contributed by atoms with Gasteiger partial charge >= 0.3 is 5.97 Å².